The van der Waals surface area contributed by atoms with Crippen LogP contribution in [0.25, 0.3) is 22.2 Å². The van der Waals surface area contributed by atoms with Gasteiger partial charge in [-0.25, -0.2) is 13.1 Å². The number of nitrogens with one attached hydrogen (secondary N) is 2. The molecule has 33 heavy (non-hydrogen) atoms. The molecular formula is C20H13K2N3O7S. The maximum absolute atomic E-state index is 13.0. The SMILES string of the molecule is O=C([O-])c1c(-c2ccccc2)c(=O)[nH]c2[nH]n(Cc3ccccc3S(=O)(=O)[O-])c(=O)c12.[K+].[K+]. The number of hydrogen-bond donors (Lipinski definition) is 2. The van der Waals surface area contributed by atoms with Crippen molar-refractivity contribution in [2.24, 2.45) is 0 Å². The number of carbonyl (C=O) groups is 1. The van der Waals surface area contributed by atoms with Gasteiger partial charge < -0.3 is 19.4 Å². The van der Waals surface area contributed by atoms with Crippen LogP contribution in [-0.2, 0) is 16.7 Å². The Hall–Kier alpha value is -0.687. The van der Waals surface area contributed by atoms with E-state index in [1.54, 1.807) is 18.2 Å². The zero-order valence-electron chi connectivity index (χ0n) is 17.6. The van der Waals surface area contributed by atoms with Gasteiger partial charge in [-0.05, 0) is 17.2 Å². The standard InChI is InChI=1S/C20H15N3O7S.2K/c24-18-14(11-6-2-1-3-7-11)15(20(26)27)16-17(21-18)22-23(19(16)25)10-12-8-4-5-9-13(12)31(28,29)30;;/h1-9H,10H2,(H,26,27)(H2,21,22,24)(H,28,29,30);;/q;2*+1/p-2. The van der Waals surface area contributed by atoms with Crippen LogP contribution in [-0.4, -0.2) is 33.7 Å². The molecule has 2 heterocycles. The summed E-state index contributed by atoms with van der Waals surface area (Å²) >= 11 is 0. The molecule has 0 saturated carbocycles. The molecule has 10 nitrogen and oxygen atoms in total. The molecule has 158 valence electrons. The Balaban J connectivity index is 0.00000193. The number of rotatable bonds is 5. The van der Waals surface area contributed by atoms with Crippen LogP contribution in [0.15, 0.2) is 69.1 Å². The van der Waals surface area contributed by atoms with E-state index in [4.69, 9.17) is 0 Å². The number of aromatic amines is 2. The average molecular weight is 518 g/mol. The molecule has 0 amide bonds. The fourth-order valence-corrected chi connectivity index (χ4v) is 4.16. The van der Waals surface area contributed by atoms with Crippen molar-refractivity contribution in [3.8, 4) is 11.1 Å². The van der Waals surface area contributed by atoms with E-state index in [1.807, 2.05) is 0 Å². The molecular weight excluding hydrogens is 504 g/mol. The second-order valence-corrected chi connectivity index (χ2v) is 8.02. The number of nitrogens with zero attached hydrogens (tertiary/aromatic N) is 1. The van der Waals surface area contributed by atoms with Gasteiger partial charge in [-0.15, -0.1) is 0 Å². The predicted molar refractivity (Wildman–Crippen MR) is 106 cm³/mol. The molecule has 0 unspecified atom stereocenters. The molecule has 0 aliphatic rings. The van der Waals surface area contributed by atoms with Gasteiger partial charge >= 0.3 is 103 Å². The Labute approximate surface area is 272 Å². The zero-order valence-corrected chi connectivity index (χ0v) is 24.7. The molecule has 4 aromatic rings. The molecule has 0 aliphatic carbocycles. The Bertz CT molecular complexity index is 1560. The molecule has 0 atom stereocenters. The molecule has 4 rings (SSSR count). The molecule has 0 bridgehead atoms. The maximum Gasteiger partial charge on any atom is 1.00 e. The van der Waals surface area contributed by atoms with Crippen molar-refractivity contribution in [2.75, 3.05) is 0 Å². The summed E-state index contributed by atoms with van der Waals surface area (Å²) in [4.78, 5) is 39.5. The number of aromatic carboxylic acids is 1. The number of carboxylic acids is 1. The van der Waals surface area contributed by atoms with Gasteiger partial charge in [-0.1, -0.05) is 48.5 Å². The molecule has 2 N–H and O–H groups in total. The number of fused-ring (bicyclic) bond motifs is 1. The average Bonchev–Trinajstić information content (AvgIpc) is 3.02. The van der Waals surface area contributed by atoms with E-state index in [2.05, 4.69) is 10.1 Å². The van der Waals surface area contributed by atoms with E-state index in [9.17, 15) is 32.5 Å². The molecule has 0 aliphatic heterocycles. The normalized spacial score (nSPS) is 10.9. The molecule has 0 spiro atoms. The van der Waals surface area contributed by atoms with Crippen molar-refractivity contribution in [1.82, 2.24) is 14.8 Å². The summed E-state index contributed by atoms with van der Waals surface area (Å²) in [6.07, 6.45) is 0. The van der Waals surface area contributed by atoms with Crippen molar-refractivity contribution in [3.63, 3.8) is 0 Å². The summed E-state index contributed by atoms with van der Waals surface area (Å²) in [5, 5.41) is 14.2. The van der Waals surface area contributed by atoms with Gasteiger partial charge in [-0.2, -0.15) is 0 Å². The van der Waals surface area contributed by atoms with E-state index >= 15 is 0 Å². The first-order valence-electron chi connectivity index (χ1n) is 8.88. The maximum atomic E-state index is 13.0. The van der Waals surface area contributed by atoms with Crippen molar-refractivity contribution < 1.29 is 126 Å². The van der Waals surface area contributed by atoms with Gasteiger partial charge in [0.15, 0.2) is 0 Å². The summed E-state index contributed by atoms with van der Waals surface area (Å²) < 4.78 is 35.4. The first-order chi connectivity index (χ1) is 14.7. The number of H-pyrrole nitrogens is 2. The second kappa shape index (κ2) is 11.4. The number of benzene rings is 2. The van der Waals surface area contributed by atoms with Crippen LogP contribution in [0.4, 0.5) is 0 Å². The number of aromatic nitrogens is 3. The van der Waals surface area contributed by atoms with Crippen LogP contribution in [0, 0.1) is 0 Å². The van der Waals surface area contributed by atoms with E-state index in [-0.39, 0.29) is 137 Å². The quantitative estimate of drug-likeness (QED) is 0.196. The Morgan fingerprint density at radius 1 is 0.970 bits per heavy atom. The van der Waals surface area contributed by atoms with E-state index in [0.717, 1.165) is 10.7 Å². The molecule has 0 saturated heterocycles. The van der Waals surface area contributed by atoms with Gasteiger partial charge in [0.2, 0.25) is 0 Å². The Kier molecular flexibility index (Phi) is 9.83. The third-order valence-corrected chi connectivity index (χ3v) is 5.70. The van der Waals surface area contributed by atoms with Crippen molar-refractivity contribution >= 4 is 27.1 Å². The first kappa shape index (κ1) is 28.5. The minimum Gasteiger partial charge on any atom is -0.744 e. The summed E-state index contributed by atoms with van der Waals surface area (Å²) in [7, 11) is -4.81. The van der Waals surface area contributed by atoms with Gasteiger partial charge in [-0.3, -0.25) is 14.7 Å². The Morgan fingerprint density at radius 3 is 2.18 bits per heavy atom. The predicted octanol–water partition coefficient (Wildman–Crippen LogP) is -5.99. The van der Waals surface area contributed by atoms with Crippen LogP contribution in [0.1, 0.15) is 15.9 Å². The second-order valence-electron chi connectivity index (χ2n) is 6.67. The molecule has 13 heteroatoms. The van der Waals surface area contributed by atoms with E-state index < -0.39 is 37.7 Å². The van der Waals surface area contributed by atoms with Gasteiger partial charge in [0, 0.05) is 5.56 Å². The monoisotopic (exact) mass is 517 g/mol. The van der Waals surface area contributed by atoms with Crippen molar-refractivity contribution in [1.29, 1.82) is 0 Å². The van der Waals surface area contributed by atoms with Crippen LogP contribution < -0.4 is 119 Å². The summed E-state index contributed by atoms with van der Waals surface area (Å²) in [6.45, 7) is -0.375. The molecule has 2 aromatic carbocycles. The molecule has 0 fully saturated rings. The van der Waals surface area contributed by atoms with Crippen LogP contribution in [0.5, 0.6) is 0 Å². The first-order valence-corrected chi connectivity index (χ1v) is 10.3. The van der Waals surface area contributed by atoms with E-state index in [1.165, 1.54) is 30.3 Å². The topological polar surface area (TPSA) is 168 Å². The summed E-state index contributed by atoms with van der Waals surface area (Å²) in [5.74, 6) is -1.72. The largest absolute Gasteiger partial charge is 1.00 e. The summed E-state index contributed by atoms with van der Waals surface area (Å²) in [5.41, 5.74) is -2.29. The van der Waals surface area contributed by atoms with Crippen molar-refractivity contribution in [2.45, 2.75) is 11.4 Å². The number of carbonyl (C=O) groups excluding carboxylic acids is 1. The van der Waals surface area contributed by atoms with Gasteiger partial charge in [0.05, 0.1) is 28.4 Å². The van der Waals surface area contributed by atoms with E-state index in [0.29, 0.717) is 0 Å². The smallest absolute Gasteiger partial charge is 0.744 e. The van der Waals surface area contributed by atoms with Crippen LogP contribution in [0.3, 0.4) is 0 Å². The fraction of sp³-hybridized carbons (Fsp3) is 0.0500. The molecule has 0 radical (unpaired) electrons. The number of hydrogen-bond acceptors (Lipinski definition) is 7. The third kappa shape index (κ3) is 5.77. The third-order valence-electron chi connectivity index (χ3n) is 4.76. The number of pyridine rings is 1. The number of carboxylic acid groups (broad SMARTS) is 1. The van der Waals surface area contributed by atoms with Gasteiger partial charge in [0.25, 0.3) is 11.1 Å². The summed E-state index contributed by atoms with van der Waals surface area (Å²) in [6, 6.07) is 13.2. The van der Waals surface area contributed by atoms with Crippen LogP contribution in [0.2, 0.25) is 0 Å². The zero-order chi connectivity index (χ0) is 22.3. The minimum atomic E-state index is -4.81. The molecule has 2 aromatic heterocycles. The minimum absolute atomic E-state index is 0. The Morgan fingerprint density at radius 2 is 1.58 bits per heavy atom. The van der Waals surface area contributed by atoms with Crippen LogP contribution >= 0.6 is 0 Å². The van der Waals surface area contributed by atoms with Gasteiger partial charge in [0.1, 0.15) is 15.8 Å². The fourth-order valence-electron chi connectivity index (χ4n) is 3.46. The van der Waals surface area contributed by atoms with Crippen molar-refractivity contribution in [3.05, 3.63) is 86.4 Å².